The molecule has 4 aliphatic rings. The van der Waals surface area contributed by atoms with Crippen LogP contribution in [0.2, 0.25) is 0 Å². The van der Waals surface area contributed by atoms with Crippen molar-refractivity contribution < 1.29 is 28.5 Å². The third-order valence-corrected chi connectivity index (χ3v) is 4.35. The summed E-state index contributed by atoms with van der Waals surface area (Å²) in [4.78, 5) is 0. The number of halogens is 2. The molecule has 0 unspecified atom stereocenters. The van der Waals surface area contributed by atoms with Crippen molar-refractivity contribution in [1.29, 1.82) is 0 Å². The number of allylic oxidation sites excluding steroid dienone is 6. The van der Waals surface area contributed by atoms with Gasteiger partial charge in [0.05, 0.1) is 14.1 Å². The first kappa shape index (κ1) is 16.3. The van der Waals surface area contributed by atoms with Gasteiger partial charge in [-0.25, -0.2) is 0 Å². The molecule has 2 heterocycles. The molecule has 0 saturated heterocycles. The highest BCUT2D eigenvalue weighted by Crippen LogP contribution is 2.49. The maximum absolute atomic E-state index is 3.32. The Balaban J connectivity index is 0.000000735. The minimum absolute atomic E-state index is 0. The number of nitrogens with zero attached hydrogens (tertiary/aromatic N) is 1. The second kappa shape index (κ2) is 5.61. The van der Waals surface area contributed by atoms with E-state index in [1.54, 1.807) is 22.3 Å². The molecule has 0 aromatic carbocycles. The van der Waals surface area contributed by atoms with Gasteiger partial charge in [-0.05, 0) is 48.0 Å². The zero-order valence-corrected chi connectivity index (χ0v) is 16.4. The summed E-state index contributed by atoms with van der Waals surface area (Å²) in [5, 5.41) is 3.32. The Kier molecular flexibility index (Phi) is 4.57. The SMILES string of the molecule is C[N+]1(C)C=C2CCC3=CNC=C4CCC(=C1)C2=C34.I.[I-]. The normalized spacial score (nSPS) is 24.7. The van der Waals surface area contributed by atoms with Crippen LogP contribution in [-0.2, 0) is 0 Å². The van der Waals surface area contributed by atoms with Gasteiger partial charge < -0.3 is 29.3 Å². The highest BCUT2D eigenvalue weighted by Gasteiger charge is 2.36. The van der Waals surface area contributed by atoms with Crippen LogP contribution in [0.15, 0.2) is 58.2 Å². The number of nitrogens with one attached hydrogen (secondary N) is 1. The Morgan fingerprint density at radius 1 is 0.800 bits per heavy atom. The van der Waals surface area contributed by atoms with Crippen molar-refractivity contribution in [3.8, 4) is 0 Å². The Bertz CT molecular complexity index is 556. The molecular weight excluding hydrogens is 474 g/mol. The van der Waals surface area contributed by atoms with Gasteiger partial charge in [-0.1, -0.05) is 0 Å². The van der Waals surface area contributed by atoms with E-state index >= 15 is 0 Å². The largest absolute Gasteiger partial charge is 1.00 e. The topological polar surface area (TPSA) is 12.0 Å². The first-order valence-corrected chi connectivity index (χ1v) is 6.81. The molecule has 0 aromatic rings. The molecule has 0 aromatic heterocycles. The minimum atomic E-state index is 0. The number of quaternary nitrogens is 1. The Hall–Kier alpha value is -0.0800. The van der Waals surface area contributed by atoms with Gasteiger partial charge in [0.2, 0.25) is 0 Å². The van der Waals surface area contributed by atoms with E-state index in [9.17, 15) is 0 Å². The average molecular weight is 494 g/mol. The van der Waals surface area contributed by atoms with E-state index in [0.29, 0.717) is 0 Å². The molecular formula is C16H20I2N2. The van der Waals surface area contributed by atoms with E-state index in [2.05, 4.69) is 44.2 Å². The van der Waals surface area contributed by atoms with Crippen molar-refractivity contribution in [3.63, 3.8) is 0 Å². The molecule has 0 fully saturated rings. The van der Waals surface area contributed by atoms with Crippen molar-refractivity contribution in [2.24, 2.45) is 0 Å². The fourth-order valence-electron chi connectivity index (χ4n) is 3.72. The van der Waals surface area contributed by atoms with Crippen LogP contribution in [-0.4, -0.2) is 18.6 Å². The van der Waals surface area contributed by atoms with Crippen molar-refractivity contribution in [1.82, 2.24) is 5.32 Å². The monoisotopic (exact) mass is 494 g/mol. The molecule has 4 rings (SSSR count). The summed E-state index contributed by atoms with van der Waals surface area (Å²) in [5.74, 6) is 0. The lowest BCUT2D eigenvalue weighted by atomic mass is 9.71. The van der Waals surface area contributed by atoms with Crippen LogP contribution in [0.3, 0.4) is 0 Å². The molecule has 108 valence electrons. The lowest BCUT2D eigenvalue weighted by Crippen LogP contribution is -3.00. The number of rotatable bonds is 0. The van der Waals surface area contributed by atoms with Crippen molar-refractivity contribution in [3.05, 3.63) is 58.2 Å². The summed E-state index contributed by atoms with van der Waals surface area (Å²) in [6, 6.07) is 0. The molecule has 2 aliphatic carbocycles. The average Bonchev–Trinajstić information content (AvgIpc) is 2.34. The highest BCUT2D eigenvalue weighted by atomic mass is 127. The molecule has 0 spiro atoms. The zero-order chi connectivity index (χ0) is 12.3. The number of hydrogen-bond acceptors (Lipinski definition) is 1. The first-order chi connectivity index (χ1) is 8.64. The Morgan fingerprint density at radius 3 is 1.70 bits per heavy atom. The molecule has 0 atom stereocenters. The van der Waals surface area contributed by atoms with E-state index in [4.69, 9.17) is 0 Å². The second-order valence-electron chi connectivity index (χ2n) is 6.19. The van der Waals surface area contributed by atoms with Crippen LogP contribution >= 0.6 is 24.0 Å². The molecule has 0 amide bonds. The maximum atomic E-state index is 3.32. The molecule has 0 bridgehead atoms. The lowest BCUT2D eigenvalue weighted by Gasteiger charge is -2.38. The smallest absolute Gasteiger partial charge is 0.104 e. The predicted octanol–water partition coefficient (Wildman–Crippen LogP) is 0.721. The van der Waals surface area contributed by atoms with Gasteiger partial charge in [-0.3, -0.25) is 4.48 Å². The lowest BCUT2D eigenvalue weighted by molar-refractivity contribution is -0.785. The minimum Gasteiger partial charge on any atom is -1.00 e. The van der Waals surface area contributed by atoms with Gasteiger partial charge in [0.15, 0.2) is 0 Å². The molecule has 2 nitrogen and oxygen atoms in total. The number of hydrogen-bond donors (Lipinski definition) is 1. The standard InChI is InChI=1S/C16H19N2.2HI/c1-18(2)9-13-5-3-11-7-17-8-12-4-6-14(10-18)16(13)15(11)12;;/h7-10,17H,3-6H2,1-2H3;2*1H/q+1;;/p-1. The van der Waals surface area contributed by atoms with Gasteiger partial charge >= 0.3 is 0 Å². The van der Waals surface area contributed by atoms with E-state index in [1.165, 1.54) is 36.8 Å². The van der Waals surface area contributed by atoms with Crippen LogP contribution in [0, 0.1) is 0 Å². The van der Waals surface area contributed by atoms with Crippen molar-refractivity contribution in [2.75, 3.05) is 14.1 Å². The van der Waals surface area contributed by atoms with Crippen molar-refractivity contribution >= 4 is 24.0 Å². The first-order valence-electron chi connectivity index (χ1n) is 6.81. The Morgan fingerprint density at radius 2 is 1.20 bits per heavy atom. The summed E-state index contributed by atoms with van der Waals surface area (Å²) < 4.78 is 0.901. The molecule has 0 radical (unpaired) electrons. The fraction of sp³-hybridized carbons (Fsp3) is 0.375. The van der Waals surface area contributed by atoms with E-state index in [0.717, 1.165) is 4.48 Å². The molecule has 4 heteroatoms. The highest BCUT2D eigenvalue weighted by molar-refractivity contribution is 14.0. The summed E-state index contributed by atoms with van der Waals surface area (Å²) in [6.45, 7) is 0. The van der Waals surface area contributed by atoms with Gasteiger partial charge in [-0.15, -0.1) is 24.0 Å². The van der Waals surface area contributed by atoms with Crippen molar-refractivity contribution in [2.45, 2.75) is 25.7 Å². The van der Waals surface area contributed by atoms with Gasteiger partial charge in [0.25, 0.3) is 0 Å². The molecule has 2 aliphatic heterocycles. The summed E-state index contributed by atoms with van der Waals surface area (Å²) in [7, 11) is 4.53. The fourth-order valence-corrected chi connectivity index (χ4v) is 3.72. The predicted molar refractivity (Wildman–Crippen MR) is 88.5 cm³/mol. The second-order valence-corrected chi connectivity index (χ2v) is 6.19. The van der Waals surface area contributed by atoms with E-state index < -0.39 is 0 Å². The summed E-state index contributed by atoms with van der Waals surface area (Å²) in [5.41, 5.74) is 9.26. The van der Waals surface area contributed by atoms with Gasteiger partial charge in [0.1, 0.15) is 12.4 Å². The molecule has 1 N–H and O–H groups in total. The van der Waals surface area contributed by atoms with E-state index in [-0.39, 0.29) is 48.0 Å². The number of dihydropyridines is 1. The van der Waals surface area contributed by atoms with Crippen LogP contribution in [0.1, 0.15) is 25.7 Å². The maximum Gasteiger partial charge on any atom is 0.104 e. The van der Waals surface area contributed by atoms with Crippen LogP contribution in [0.25, 0.3) is 0 Å². The van der Waals surface area contributed by atoms with Gasteiger partial charge in [0, 0.05) is 23.5 Å². The summed E-state index contributed by atoms with van der Waals surface area (Å²) >= 11 is 0. The Labute approximate surface area is 155 Å². The van der Waals surface area contributed by atoms with Crippen LogP contribution < -0.4 is 29.3 Å². The van der Waals surface area contributed by atoms with Crippen LogP contribution in [0.4, 0.5) is 0 Å². The molecule has 20 heavy (non-hydrogen) atoms. The quantitative estimate of drug-likeness (QED) is 0.387. The van der Waals surface area contributed by atoms with Crippen LogP contribution in [0.5, 0.6) is 0 Å². The summed E-state index contributed by atoms with van der Waals surface area (Å²) in [6.07, 6.45) is 14.0. The van der Waals surface area contributed by atoms with Gasteiger partial charge in [-0.2, -0.15) is 0 Å². The molecule has 0 saturated carbocycles. The zero-order valence-electron chi connectivity index (χ0n) is 11.9. The van der Waals surface area contributed by atoms with E-state index in [1.807, 2.05) is 0 Å². The third-order valence-electron chi connectivity index (χ3n) is 4.35. The third kappa shape index (κ3) is 2.43.